The van der Waals surface area contributed by atoms with Crippen LogP contribution in [0.15, 0.2) is 42.5 Å². The number of alkyl halides is 3. The quantitative estimate of drug-likeness (QED) is 0.130. The molecule has 0 aliphatic carbocycles. The van der Waals surface area contributed by atoms with Crippen molar-refractivity contribution < 1.29 is 46.0 Å². The fourth-order valence-corrected chi connectivity index (χ4v) is 2.83. The van der Waals surface area contributed by atoms with Gasteiger partial charge in [-0.3, -0.25) is 0 Å². The Morgan fingerprint density at radius 3 is 2.27 bits per heavy atom. The Hall–Kier alpha value is -2.85. The lowest BCUT2D eigenvalue weighted by Crippen LogP contribution is -2.18. The van der Waals surface area contributed by atoms with Gasteiger partial charge in [-0.2, -0.15) is 0 Å². The molecule has 0 bridgehead atoms. The molecule has 0 N–H and O–H groups in total. The van der Waals surface area contributed by atoms with E-state index in [1.807, 2.05) is 0 Å². The fourth-order valence-electron chi connectivity index (χ4n) is 2.83. The summed E-state index contributed by atoms with van der Waals surface area (Å²) in [5, 5.41) is 0. The Bertz CT molecular complexity index is 897. The SMILES string of the molecule is O=C(Oc1ccc(OC(F)(F)F)c(F)c1)c1ccc(OCCCCCCOCC2CO2)cc1. The summed E-state index contributed by atoms with van der Waals surface area (Å²) in [5.74, 6) is -2.78. The highest BCUT2D eigenvalue weighted by atomic mass is 19.4. The number of epoxide rings is 1. The molecule has 1 heterocycles. The number of halogens is 4. The molecule has 1 aliphatic rings. The molecule has 180 valence electrons. The summed E-state index contributed by atoms with van der Waals surface area (Å²) in [6.45, 7) is 2.74. The number of ether oxygens (including phenoxy) is 5. The van der Waals surface area contributed by atoms with Crippen molar-refractivity contribution in [2.24, 2.45) is 0 Å². The Balaban J connectivity index is 1.35. The Morgan fingerprint density at radius 2 is 1.64 bits per heavy atom. The average molecular weight is 472 g/mol. The maximum atomic E-state index is 13.7. The van der Waals surface area contributed by atoms with E-state index in [4.69, 9.17) is 18.9 Å². The zero-order chi connectivity index (χ0) is 23.7. The maximum Gasteiger partial charge on any atom is 0.573 e. The summed E-state index contributed by atoms with van der Waals surface area (Å²) in [5.41, 5.74) is 0.176. The van der Waals surface area contributed by atoms with Gasteiger partial charge in [0.05, 0.1) is 25.4 Å². The number of hydrogen-bond donors (Lipinski definition) is 0. The third kappa shape index (κ3) is 9.27. The van der Waals surface area contributed by atoms with Crippen LogP contribution >= 0.6 is 0 Å². The van der Waals surface area contributed by atoms with Crippen molar-refractivity contribution in [3.63, 3.8) is 0 Å². The molecule has 0 radical (unpaired) electrons. The van der Waals surface area contributed by atoms with Crippen molar-refractivity contribution in [2.75, 3.05) is 26.4 Å². The normalized spacial score (nSPS) is 15.2. The molecule has 1 atom stereocenters. The smallest absolute Gasteiger partial charge is 0.494 e. The maximum absolute atomic E-state index is 13.7. The third-order valence-electron chi connectivity index (χ3n) is 4.59. The van der Waals surface area contributed by atoms with E-state index in [0.29, 0.717) is 31.1 Å². The number of unbranched alkanes of at least 4 members (excludes halogenated alkanes) is 3. The predicted molar refractivity (Wildman–Crippen MR) is 109 cm³/mol. The molecule has 1 saturated heterocycles. The van der Waals surface area contributed by atoms with Gasteiger partial charge in [0.2, 0.25) is 0 Å². The van der Waals surface area contributed by atoms with E-state index >= 15 is 0 Å². The molecular formula is C23H24F4O6. The van der Waals surface area contributed by atoms with Crippen molar-refractivity contribution in [3.8, 4) is 17.2 Å². The van der Waals surface area contributed by atoms with E-state index in [1.54, 1.807) is 12.1 Å². The minimum absolute atomic E-state index is 0.176. The van der Waals surface area contributed by atoms with E-state index in [9.17, 15) is 22.4 Å². The van der Waals surface area contributed by atoms with Gasteiger partial charge >= 0.3 is 12.3 Å². The van der Waals surface area contributed by atoms with Gasteiger partial charge in [0.1, 0.15) is 17.6 Å². The highest BCUT2D eigenvalue weighted by Crippen LogP contribution is 2.28. The lowest BCUT2D eigenvalue weighted by molar-refractivity contribution is -0.275. The molecule has 33 heavy (non-hydrogen) atoms. The van der Waals surface area contributed by atoms with Gasteiger partial charge in [-0.15, -0.1) is 13.2 Å². The Labute approximate surface area is 188 Å². The van der Waals surface area contributed by atoms with Crippen molar-refractivity contribution in [1.82, 2.24) is 0 Å². The van der Waals surface area contributed by atoms with Crippen molar-refractivity contribution in [1.29, 1.82) is 0 Å². The molecule has 6 nitrogen and oxygen atoms in total. The van der Waals surface area contributed by atoms with E-state index in [2.05, 4.69) is 4.74 Å². The molecule has 3 rings (SSSR count). The summed E-state index contributed by atoms with van der Waals surface area (Å²) in [6.07, 6.45) is -0.799. The van der Waals surface area contributed by atoms with Crippen LogP contribution in [0.4, 0.5) is 17.6 Å². The standard InChI is InChI=1S/C23H24F4O6/c24-20-13-18(9-10-21(20)33-23(25,26)27)32-22(28)16-5-7-17(8-6-16)30-12-4-2-1-3-11-29-14-19-15-31-19/h5-10,13,19H,1-4,11-12,14-15H2. The predicted octanol–water partition coefficient (Wildman–Crippen LogP) is 5.30. The summed E-state index contributed by atoms with van der Waals surface area (Å²) < 4.78 is 75.0. The van der Waals surface area contributed by atoms with Crippen molar-refractivity contribution >= 4 is 5.97 Å². The van der Waals surface area contributed by atoms with Crippen molar-refractivity contribution in [2.45, 2.75) is 38.1 Å². The zero-order valence-electron chi connectivity index (χ0n) is 17.7. The lowest BCUT2D eigenvalue weighted by Gasteiger charge is -2.11. The molecule has 1 unspecified atom stereocenters. The molecule has 10 heteroatoms. The van der Waals surface area contributed by atoms with Gasteiger partial charge < -0.3 is 23.7 Å². The molecule has 1 aliphatic heterocycles. The van der Waals surface area contributed by atoms with Gasteiger partial charge in [-0.25, -0.2) is 9.18 Å². The summed E-state index contributed by atoms with van der Waals surface area (Å²) in [4.78, 5) is 12.2. The third-order valence-corrected chi connectivity index (χ3v) is 4.59. The van der Waals surface area contributed by atoms with Crippen LogP contribution in [0.2, 0.25) is 0 Å². The largest absolute Gasteiger partial charge is 0.573 e. The molecule has 2 aromatic carbocycles. The van der Waals surface area contributed by atoms with Crippen LogP contribution in [0.5, 0.6) is 17.2 Å². The average Bonchev–Trinajstić information content (AvgIpc) is 3.58. The first kappa shape index (κ1) is 24.8. The van der Waals surface area contributed by atoms with Crippen LogP contribution in [0, 0.1) is 5.82 Å². The first-order valence-corrected chi connectivity index (χ1v) is 10.5. The van der Waals surface area contributed by atoms with Crippen LogP contribution in [0.1, 0.15) is 36.0 Å². The van der Waals surface area contributed by atoms with Crippen LogP contribution in [0.25, 0.3) is 0 Å². The topological polar surface area (TPSA) is 66.5 Å². The van der Waals surface area contributed by atoms with Crippen LogP contribution in [0.3, 0.4) is 0 Å². The monoisotopic (exact) mass is 472 g/mol. The van der Waals surface area contributed by atoms with E-state index in [1.165, 1.54) is 12.1 Å². The molecule has 1 fully saturated rings. The van der Waals surface area contributed by atoms with Gasteiger partial charge in [0, 0.05) is 12.7 Å². The first-order chi connectivity index (χ1) is 15.8. The molecular weight excluding hydrogens is 448 g/mol. The molecule has 0 saturated carbocycles. The number of benzene rings is 2. The summed E-state index contributed by atoms with van der Waals surface area (Å²) >= 11 is 0. The van der Waals surface area contributed by atoms with E-state index < -0.39 is 23.9 Å². The van der Waals surface area contributed by atoms with Gasteiger partial charge in [0.15, 0.2) is 11.6 Å². The highest BCUT2D eigenvalue weighted by molar-refractivity contribution is 5.91. The number of carbonyl (C=O) groups excluding carboxylic acids is 1. The molecule has 0 aromatic heterocycles. The van der Waals surface area contributed by atoms with Crippen molar-refractivity contribution in [3.05, 3.63) is 53.8 Å². The van der Waals surface area contributed by atoms with Gasteiger partial charge in [-0.1, -0.05) is 6.42 Å². The lowest BCUT2D eigenvalue weighted by atomic mass is 10.2. The second-order valence-corrected chi connectivity index (χ2v) is 7.35. The Morgan fingerprint density at radius 1 is 0.970 bits per heavy atom. The molecule has 2 aromatic rings. The Kier molecular flexibility index (Phi) is 8.90. The zero-order valence-corrected chi connectivity index (χ0v) is 17.7. The number of esters is 1. The number of hydrogen-bond acceptors (Lipinski definition) is 6. The van der Waals surface area contributed by atoms with Gasteiger partial charge in [0.25, 0.3) is 0 Å². The molecule has 0 spiro atoms. The van der Waals surface area contributed by atoms with Crippen LogP contribution < -0.4 is 14.2 Å². The van der Waals surface area contributed by atoms with Gasteiger partial charge in [-0.05, 0) is 55.7 Å². The van der Waals surface area contributed by atoms with E-state index in [0.717, 1.165) is 51.0 Å². The van der Waals surface area contributed by atoms with Crippen LogP contribution in [-0.2, 0) is 9.47 Å². The second kappa shape index (κ2) is 11.9. The minimum Gasteiger partial charge on any atom is -0.494 e. The summed E-state index contributed by atoms with van der Waals surface area (Å²) in [7, 11) is 0. The second-order valence-electron chi connectivity index (χ2n) is 7.35. The number of carbonyl (C=O) groups is 1. The first-order valence-electron chi connectivity index (χ1n) is 10.5. The van der Waals surface area contributed by atoms with E-state index in [-0.39, 0.29) is 11.3 Å². The fraction of sp³-hybridized carbons (Fsp3) is 0.435. The summed E-state index contributed by atoms with van der Waals surface area (Å²) in [6, 6.07) is 8.55. The minimum atomic E-state index is -5.02. The van der Waals surface area contributed by atoms with Crippen LogP contribution in [-0.4, -0.2) is 44.9 Å². The molecule has 0 amide bonds. The number of rotatable bonds is 13. The highest BCUT2D eigenvalue weighted by Gasteiger charge is 2.32.